The average molecular weight is 295 g/mol. The quantitative estimate of drug-likeness (QED) is 0.878. The van der Waals surface area contributed by atoms with Crippen LogP contribution in [0, 0.1) is 6.92 Å². The van der Waals surface area contributed by atoms with Crippen molar-refractivity contribution in [1.29, 1.82) is 0 Å². The van der Waals surface area contributed by atoms with Gasteiger partial charge in [0.25, 0.3) is 0 Å². The highest BCUT2D eigenvalue weighted by Gasteiger charge is 2.29. The van der Waals surface area contributed by atoms with E-state index in [1.165, 1.54) is 23.1 Å². The van der Waals surface area contributed by atoms with Gasteiger partial charge in [-0.1, -0.05) is 50.2 Å². The largest absolute Gasteiger partial charge is 0.508 e. The summed E-state index contributed by atoms with van der Waals surface area (Å²) in [5.41, 5.74) is 4.95. The van der Waals surface area contributed by atoms with Gasteiger partial charge in [0.2, 0.25) is 0 Å². The number of phenolic OH excluding ortho intramolecular Hbond substituents is 1. The van der Waals surface area contributed by atoms with Crippen LogP contribution in [0.2, 0.25) is 0 Å². The summed E-state index contributed by atoms with van der Waals surface area (Å²) in [7, 11) is 0. The zero-order chi connectivity index (χ0) is 15.7. The normalized spacial score (nSPS) is 18.5. The van der Waals surface area contributed by atoms with Crippen molar-refractivity contribution in [3.8, 4) is 5.75 Å². The molecule has 0 bridgehead atoms. The fourth-order valence-corrected chi connectivity index (χ4v) is 3.41. The first-order chi connectivity index (χ1) is 10.6. The van der Waals surface area contributed by atoms with Gasteiger partial charge in [0, 0.05) is 24.7 Å². The maximum absolute atomic E-state index is 10.3. The molecule has 2 aromatic rings. The zero-order valence-corrected chi connectivity index (χ0v) is 13.7. The van der Waals surface area contributed by atoms with Crippen molar-refractivity contribution in [2.75, 3.05) is 6.54 Å². The van der Waals surface area contributed by atoms with Crippen molar-refractivity contribution < 1.29 is 5.11 Å². The van der Waals surface area contributed by atoms with Crippen molar-refractivity contribution in [2.45, 2.75) is 45.7 Å². The van der Waals surface area contributed by atoms with Crippen LogP contribution in [-0.2, 0) is 6.54 Å². The first-order valence-electron chi connectivity index (χ1n) is 8.17. The lowest BCUT2D eigenvalue weighted by Gasteiger charge is -2.41. The Morgan fingerprint density at radius 3 is 2.50 bits per heavy atom. The van der Waals surface area contributed by atoms with Gasteiger partial charge >= 0.3 is 0 Å². The summed E-state index contributed by atoms with van der Waals surface area (Å²) >= 11 is 0. The van der Waals surface area contributed by atoms with E-state index in [0.717, 1.165) is 18.7 Å². The van der Waals surface area contributed by atoms with E-state index in [9.17, 15) is 5.11 Å². The molecule has 0 unspecified atom stereocenters. The van der Waals surface area contributed by atoms with Crippen LogP contribution in [0.25, 0.3) is 0 Å². The van der Waals surface area contributed by atoms with Crippen LogP contribution in [0.3, 0.4) is 0 Å². The van der Waals surface area contributed by atoms with Gasteiger partial charge in [-0.05, 0) is 42.0 Å². The topological polar surface area (TPSA) is 23.5 Å². The Kier molecular flexibility index (Phi) is 4.21. The zero-order valence-electron chi connectivity index (χ0n) is 13.7. The van der Waals surface area contributed by atoms with Gasteiger partial charge in [-0.15, -0.1) is 0 Å². The Morgan fingerprint density at radius 1 is 1.18 bits per heavy atom. The lowest BCUT2D eigenvalue weighted by Crippen LogP contribution is -2.40. The molecule has 0 spiro atoms. The van der Waals surface area contributed by atoms with Crippen LogP contribution in [0.15, 0.2) is 42.5 Å². The molecule has 0 aromatic heterocycles. The van der Waals surface area contributed by atoms with Crippen LogP contribution in [0.4, 0.5) is 0 Å². The molecule has 0 saturated carbocycles. The van der Waals surface area contributed by atoms with Gasteiger partial charge in [-0.3, -0.25) is 4.90 Å². The van der Waals surface area contributed by atoms with Crippen LogP contribution in [-0.4, -0.2) is 16.6 Å². The third-order valence-electron chi connectivity index (χ3n) is 4.78. The van der Waals surface area contributed by atoms with Gasteiger partial charge in [0.15, 0.2) is 0 Å². The van der Waals surface area contributed by atoms with Crippen LogP contribution in [0.5, 0.6) is 5.75 Å². The molecule has 2 nitrogen and oxygen atoms in total. The van der Waals surface area contributed by atoms with E-state index in [1.54, 1.807) is 0 Å². The number of hydrogen-bond donors (Lipinski definition) is 1. The molecule has 116 valence electrons. The van der Waals surface area contributed by atoms with Gasteiger partial charge < -0.3 is 5.11 Å². The van der Waals surface area contributed by atoms with E-state index in [-0.39, 0.29) is 0 Å². The van der Waals surface area contributed by atoms with Crippen molar-refractivity contribution >= 4 is 0 Å². The van der Waals surface area contributed by atoms with E-state index in [2.05, 4.69) is 62.1 Å². The Morgan fingerprint density at radius 2 is 1.91 bits per heavy atom. The standard InChI is InChI=1S/C20H25NO/c1-14(2)18-12-17(20(22)11-15(18)3)13-21-10-9-19(21)16-7-5-4-6-8-16/h4-8,11-12,14,19,22H,9-10,13H2,1-3H3/t19-/m1/s1. The molecule has 1 atom stereocenters. The summed E-state index contributed by atoms with van der Waals surface area (Å²) in [5, 5.41) is 10.3. The van der Waals surface area contributed by atoms with E-state index in [1.807, 2.05) is 6.07 Å². The molecule has 1 fully saturated rings. The molecule has 0 radical (unpaired) electrons. The smallest absolute Gasteiger partial charge is 0.120 e. The second-order valence-electron chi connectivity index (χ2n) is 6.68. The maximum atomic E-state index is 10.3. The summed E-state index contributed by atoms with van der Waals surface area (Å²) in [6, 6.07) is 15.3. The highest BCUT2D eigenvalue weighted by Crippen LogP contribution is 2.36. The van der Waals surface area contributed by atoms with E-state index < -0.39 is 0 Å². The first kappa shape index (κ1) is 15.1. The van der Waals surface area contributed by atoms with Crippen molar-refractivity contribution in [3.05, 3.63) is 64.7 Å². The predicted molar refractivity (Wildman–Crippen MR) is 91.1 cm³/mol. The molecule has 1 N–H and O–H groups in total. The van der Waals surface area contributed by atoms with E-state index in [0.29, 0.717) is 17.7 Å². The number of likely N-dealkylation sites (tertiary alicyclic amines) is 1. The fraction of sp³-hybridized carbons (Fsp3) is 0.400. The third-order valence-corrected chi connectivity index (χ3v) is 4.78. The molecular formula is C20H25NO. The number of aromatic hydroxyl groups is 1. The molecule has 1 saturated heterocycles. The molecule has 1 aliphatic heterocycles. The predicted octanol–water partition coefficient (Wildman–Crippen LogP) is 4.77. The molecule has 3 rings (SSSR count). The van der Waals surface area contributed by atoms with Gasteiger partial charge in [0.1, 0.15) is 5.75 Å². The molecule has 22 heavy (non-hydrogen) atoms. The number of phenols is 1. The second kappa shape index (κ2) is 6.13. The molecule has 0 aliphatic carbocycles. The number of benzene rings is 2. The molecular weight excluding hydrogens is 270 g/mol. The molecule has 0 amide bonds. The number of rotatable bonds is 4. The number of nitrogens with zero attached hydrogens (tertiary/aromatic N) is 1. The van der Waals surface area contributed by atoms with Crippen molar-refractivity contribution in [1.82, 2.24) is 4.90 Å². The number of hydrogen-bond acceptors (Lipinski definition) is 2. The Hall–Kier alpha value is -1.80. The SMILES string of the molecule is Cc1cc(O)c(CN2CC[C@@H]2c2ccccc2)cc1C(C)C. The lowest BCUT2D eigenvalue weighted by molar-refractivity contribution is 0.0809. The average Bonchev–Trinajstić information content (AvgIpc) is 2.46. The van der Waals surface area contributed by atoms with E-state index in [4.69, 9.17) is 0 Å². The Bertz CT molecular complexity index is 648. The highest BCUT2D eigenvalue weighted by molar-refractivity contribution is 5.43. The van der Waals surface area contributed by atoms with Crippen LogP contribution >= 0.6 is 0 Å². The summed E-state index contributed by atoms with van der Waals surface area (Å²) in [4.78, 5) is 2.45. The lowest BCUT2D eigenvalue weighted by atomic mass is 9.92. The Balaban J connectivity index is 1.80. The minimum Gasteiger partial charge on any atom is -0.508 e. The highest BCUT2D eigenvalue weighted by atomic mass is 16.3. The molecule has 1 heterocycles. The van der Waals surface area contributed by atoms with Gasteiger partial charge in [-0.25, -0.2) is 0 Å². The van der Waals surface area contributed by atoms with Crippen LogP contribution < -0.4 is 0 Å². The minimum atomic E-state index is 0.431. The Labute approximate surface area is 133 Å². The molecule has 1 aliphatic rings. The number of aryl methyl sites for hydroxylation is 1. The van der Waals surface area contributed by atoms with Crippen molar-refractivity contribution in [3.63, 3.8) is 0 Å². The fourth-order valence-electron chi connectivity index (χ4n) is 3.41. The summed E-state index contributed by atoms with van der Waals surface area (Å²) in [6.45, 7) is 8.42. The van der Waals surface area contributed by atoms with Crippen LogP contribution in [0.1, 0.15) is 54.5 Å². The second-order valence-corrected chi connectivity index (χ2v) is 6.68. The van der Waals surface area contributed by atoms with E-state index >= 15 is 0 Å². The third kappa shape index (κ3) is 2.89. The van der Waals surface area contributed by atoms with Gasteiger partial charge in [-0.2, -0.15) is 0 Å². The van der Waals surface area contributed by atoms with Gasteiger partial charge in [0.05, 0.1) is 0 Å². The molecule has 2 aromatic carbocycles. The summed E-state index contributed by atoms with van der Waals surface area (Å²) in [5.74, 6) is 0.918. The first-order valence-corrected chi connectivity index (χ1v) is 8.17. The molecule has 2 heteroatoms. The maximum Gasteiger partial charge on any atom is 0.120 e. The summed E-state index contributed by atoms with van der Waals surface area (Å²) in [6.07, 6.45) is 1.20. The summed E-state index contributed by atoms with van der Waals surface area (Å²) < 4.78 is 0. The monoisotopic (exact) mass is 295 g/mol. The minimum absolute atomic E-state index is 0.431. The van der Waals surface area contributed by atoms with Crippen molar-refractivity contribution in [2.24, 2.45) is 0 Å².